The number of rotatable bonds is 11. The van der Waals surface area contributed by atoms with Crippen LogP contribution in [-0.2, 0) is 0 Å². The second-order valence-corrected chi connectivity index (χ2v) is 5.21. The van der Waals surface area contributed by atoms with Crippen molar-refractivity contribution in [2.75, 3.05) is 6.61 Å². The van der Waals surface area contributed by atoms with E-state index in [9.17, 15) is 14.9 Å². The summed E-state index contributed by atoms with van der Waals surface area (Å²) >= 11 is 0. The standard InChI is InChI=1S/C16H23NO5/c1-2-3-4-5-6-7-8-11-22-15-10-9-13(16(18)19)12-14(15)17(20)21/h9-10,12H,2-8,11H2,1H3,(H,18,19). The number of unbranched alkanes of at least 4 members (excludes halogenated alkanes) is 6. The summed E-state index contributed by atoms with van der Waals surface area (Å²) in [5, 5.41) is 19.8. The lowest BCUT2D eigenvalue weighted by Gasteiger charge is -2.07. The predicted molar refractivity (Wildman–Crippen MR) is 83.5 cm³/mol. The second kappa shape index (κ2) is 9.76. The third-order valence-electron chi connectivity index (χ3n) is 3.41. The molecule has 0 fully saturated rings. The molecule has 0 aliphatic rings. The number of carboxylic acid groups (broad SMARTS) is 1. The van der Waals surface area contributed by atoms with Crippen molar-refractivity contribution in [2.45, 2.75) is 51.9 Å². The first kappa shape index (κ1) is 17.9. The second-order valence-electron chi connectivity index (χ2n) is 5.21. The Labute approximate surface area is 130 Å². The number of nitrogens with zero attached hydrogens (tertiary/aromatic N) is 1. The van der Waals surface area contributed by atoms with Gasteiger partial charge in [-0.3, -0.25) is 10.1 Å². The van der Waals surface area contributed by atoms with Crippen molar-refractivity contribution < 1.29 is 19.6 Å². The highest BCUT2D eigenvalue weighted by molar-refractivity contribution is 5.88. The van der Waals surface area contributed by atoms with E-state index >= 15 is 0 Å². The Morgan fingerprint density at radius 3 is 2.41 bits per heavy atom. The maximum absolute atomic E-state index is 11.0. The highest BCUT2D eigenvalue weighted by atomic mass is 16.6. The first-order chi connectivity index (χ1) is 10.6. The average molecular weight is 309 g/mol. The van der Waals surface area contributed by atoms with Gasteiger partial charge in [0.05, 0.1) is 17.1 Å². The summed E-state index contributed by atoms with van der Waals surface area (Å²) in [6.07, 6.45) is 7.95. The normalized spacial score (nSPS) is 10.4. The minimum absolute atomic E-state index is 0.116. The first-order valence-electron chi connectivity index (χ1n) is 7.70. The van der Waals surface area contributed by atoms with E-state index in [1.165, 1.54) is 37.8 Å². The fraction of sp³-hybridized carbons (Fsp3) is 0.562. The van der Waals surface area contributed by atoms with Gasteiger partial charge in [0.15, 0.2) is 5.75 Å². The number of hydrogen-bond acceptors (Lipinski definition) is 4. The Kier molecular flexibility index (Phi) is 7.96. The Morgan fingerprint density at radius 1 is 1.18 bits per heavy atom. The molecular formula is C16H23NO5. The van der Waals surface area contributed by atoms with Crippen LogP contribution in [0.2, 0.25) is 0 Å². The van der Waals surface area contributed by atoms with Gasteiger partial charge < -0.3 is 9.84 Å². The van der Waals surface area contributed by atoms with Gasteiger partial charge in [-0.1, -0.05) is 45.4 Å². The van der Waals surface area contributed by atoms with Gasteiger partial charge in [-0.2, -0.15) is 0 Å². The quantitative estimate of drug-likeness (QED) is 0.371. The molecule has 0 radical (unpaired) electrons. The predicted octanol–water partition coefficient (Wildman–Crippen LogP) is 4.42. The molecule has 0 aliphatic carbocycles. The van der Waals surface area contributed by atoms with Gasteiger partial charge in [0, 0.05) is 6.07 Å². The van der Waals surface area contributed by atoms with Crippen molar-refractivity contribution in [3.8, 4) is 5.75 Å². The molecule has 22 heavy (non-hydrogen) atoms. The summed E-state index contributed by atoms with van der Waals surface area (Å²) in [7, 11) is 0. The largest absolute Gasteiger partial charge is 0.487 e. The van der Waals surface area contributed by atoms with Crippen molar-refractivity contribution >= 4 is 11.7 Å². The third-order valence-corrected chi connectivity index (χ3v) is 3.41. The summed E-state index contributed by atoms with van der Waals surface area (Å²) < 4.78 is 5.43. The van der Waals surface area contributed by atoms with E-state index in [1.54, 1.807) is 0 Å². The molecule has 0 saturated heterocycles. The average Bonchev–Trinajstić information content (AvgIpc) is 2.49. The molecular weight excluding hydrogens is 286 g/mol. The maximum atomic E-state index is 11.0. The maximum Gasteiger partial charge on any atom is 0.335 e. The summed E-state index contributed by atoms with van der Waals surface area (Å²) in [6.45, 7) is 2.58. The van der Waals surface area contributed by atoms with Crippen LogP contribution in [-0.4, -0.2) is 22.6 Å². The molecule has 0 unspecified atom stereocenters. The van der Waals surface area contributed by atoms with Crippen molar-refractivity contribution in [2.24, 2.45) is 0 Å². The lowest BCUT2D eigenvalue weighted by Crippen LogP contribution is -2.03. The van der Waals surface area contributed by atoms with E-state index in [4.69, 9.17) is 9.84 Å². The van der Waals surface area contributed by atoms with Gasteiger partial charge in [0.2, 0.25) is 0 Å². The topological polar surface area (TPSA) is 89.7 Å². The smallest absolute Gasteiger partial charge is 0.335 e. The molecule has 0 aromatic heterocycles. The number of nitro benzene ring substituents is 1. The number of carbonyl (C=O) groups is 1. The van der Waals surface area contributed by atoms with Gasteiger partial charge in [-0.15, -0.1) is 0 Å². The Morgan fingerprint density at radius 2 is 1.82 bits per heavy atom. The molecule has 6 heteroatoms. The van der Waals surface area contributed by atoms with E-state index in [2.05, 4.69) is 6.92 Å². The van der Waals surface area contributed by atoms with Crippen LogP contribution in [0.15, 0.2) is 18.2 Å². The number of hydrogen-bond donors (Lipinski definition) is 1. The zero-order valence-electron chi connectivity index (χ0n) is 12.9. The van der Waals surface area contributed by atoms with Crippen molar-refractivity contribution in [3.63, 3.8) is 0 Å². The van der Waals surface area contributed by atoms with Crippen molar-refractivity contribution in [1.29, 1.82) is 0 Å². The molecule has 0 saturated carbocycles. The fourth-order valence-corrected chi connectivity index (χ4v) is 2.16. The molecule has 1 aromatic rings. The lowest BCUT2D eigenvalue weighted by atomic mass is 10.1. The molecule has 1 aromatic carbocycles. The molecule has 0 heterocycles. The minimum atomic E-state index is -1.19. The number of ether oxygens (including phenoxy) is 1. The van der Waals surface area contributed by atoms with Gasteiger partial charge in [0.1, 0.15) is 0 Å². The molecule has 0 spiro atoms. The first-order valence-corrected chi connectivity index (χ1v) is 7.70. The SMILES string of the molecule is CCCCCCCCCOc1ccc(C(=O)O)cc1[N+](=O)[O-]. The van der Waals surface area contributed by atoms with Crippen molar-refractivity contribution in [1.82, 2.24) is 0 Å². The van der Waals surface area contributed by atoms with Crippen LogP contribution in [0, 0.1) is 10.1 Å². The van der Waals surface area contributed by atoms with Crippen LogP contribution in [0.1, 0.15) is 62.2 Å². The summed E-state index contributed by atoms with van der Waals surface area (Å²) in [4.78, 5) is 21.2. The molecule has 0 atom stereocenters. The van der Waals surface area contributed by atoms with E-state index in [0.29, 0.717) is 6.61 Å². The fourth-order valence-electron chi connectivity index (χ4n) is 2.16. The highest BCUT2D eigenvalue weighted by Crippen LogP contribution is 2.28. The molecule has 6 nitrogen and oxygen atoms in total. The summed E-state index contributed by atoms with van der Waals surface area (Å²) in [5.41, 5.74) is -0.419. The van der Waals surface area contributed by atoms with E-state index in [0.717, 1.165) is 25.3 Å². The van der Waals surface area contributed by atoms with E-state index in [1.807, 2.05) is 0 Å². The van der Waals surface area contributed by atoms with Crippen LogP contribution in [0.25, 0.3) is 0 Å². The zero-order valence-corrected chi connectivity index (χ0v) is 12.9. The highest BCUT2D eigenvalue weighted by Gasteiger charge is 2.18. The minimum Gasteiger partial charge on any atom is -0.487 e. The van der Waals surface area contributed by atoms with Crippen LogP contribution in [0.4, 0.5) is 5.69 Å². The van der Waals surface area contributed by atoms with Crippen LogP contribution in [0.3, 0.4) is 0 Å². The van der Waals surface area contributed by atoms with Crippen LogP contribution < -0.4 is 4.74 Å². The Bertz CT molecular complexity index is 501. The number of aromatic carboxylic acids is 1. The molecule has 0 aliphatic heterocycles. The molecule has 122 valence electrons. The third kappa shape index (κ3) is 6.11. The Hall–Kier alpha value is -2.11. The summed E-state index contributed by atoms with van der Waals surface area (Å²) in [6, 6.07) is 3.70. The molecule has 1 N–H and O–H groups in total. The zero-order chi connectivity index (χ0) is 16.4. The van der Waals surface area contributed by atoms with Gasteiger partial charge in [0.25, 0.3) is 0 Å². The number of carboxylic acids is 1. The Balaban J connectivity index is 2.42. The molecule has 1 rings (SSSR count). The van der Waals surface area contributed by atoms with Gasteiger partial charge in [-0.25, -0.2) is 4.79 Å². The van der Waals surface area contributed by atoms with E-state index in [-0.39, 0.29) is 17.0 Å². The van der Waals surface area contributed by atoms with E-state index < -0.39 is 10.9 Å². The van der Waals surface area contributed by atoms with Gasteiger partial charge >= 0.3 is 11.7 Å². The summed E-state index contributed by atoms with van der Waals surface area (Å²) in [5.74, 6) is -1.07. The lowest BCUT2D eigenvalue weighted by molar-refractivity contribution is -0.385. The van der Waals surface area contributed by atoms with Crippen molar-refractivity contribution in [3.05, 3.63) is 33.9 Å². The number of benzene rings is 1. The molecule has 0 bridgehead atoms. The monoisotopic (exact) mass is 309 g/mol. The van der Waals surface area contributed by atoms with Crippen LogP contribution >= 0.6 is 0 Å². The number of nitro groups is 1. The van der Waals surface area contributed by atoms with Gasteiger partial charge in [-0.05, 0) is 18.6 Å². The molecule has 0 amide bonds. The van der Waals surface area contributed by atoms with Crippen LogP contribution in [0.5, 0.6) is 5.75 Å².